The number of hydrogen-bond acceptors (Lipinski definition) is 29. The van der Waals surface area contributed by atoms with E-state index in [0.717, 1.165) is 51.6 Å². The third-order valence-electron chi connectivity index (χ3n) is 21.3. The van der Waals surface area contributed by atoms with Gasteiger partial charge in [-0.1, -0.05) is 54.6 Å². The Morgan fingerprint density at radius 3 is 1.01 bits per heavy atom. The fraction of sp³-hybridized carbons (Fsp3) is 0.171. The zero-order valence-corrected chi connectivity index (χ0v) is 87.6. The van der Waals surface area contributed by atoms with Gasteiger partial charge in [-0.3, -0.25) is 14.4 Å². The maximum absolute atomic E-state index is 12.9. The number of halogens is 1. The summed E-state index contributed by atoms with van der Waals surface area (Å²) in [5.41, 5.74) is 14.9. The van der Waals surface area contributed by atoms with Crippen LogP contribution in [0.15, 0.2) is 310 Å². The number of hydrogen-bond donors (Lipinski definition) is 10. The second-order valence-corrected chi connectivity index (χ2v) is 41.9. The van der Waals surface area contributed by atoms with Gasteiger partial charge in [-0.25, -0.2) is 130 Å². The summed E-state index contributed by atoms with van der Waals surface area (Å²) in [4.78, 5) is 87.0. The average molecular weight is 2120 g/mol. The highest BCUT2D eigenvalue weighted by Crippen LogP contribution is 2.28. The van der Waals surface area contributed by atoms with Crippen molar-refractivity contribution in [1.82, 2.24) is 68.9 Å². The van der Waals surface area contributed by atoms with Gasteiger partial charge in [-0.05, 0) is 319 Å². The Hall–Kier alpha value is -17.4. The van der Waals surface area contributed by atoms with Gasteiger partial charge in [0.15, 0.2) is 6.61 Å². The van der Waals surface area contributed by atoms with E-state index < -0.39 is 56.0 Å². The highest BCUT2D eigenvalue weighted by molar-refractivity contribution is 7.94. The summed E-state index contributed by atoms with van der Waals surface area (Å²) in [6.45, 7) is 23.9. The van der Waals surface area contributed by atoms with E-state index in [9.17, 15) is 60.9 Å². The Balaban J connectivity index is 0.000000156. The van der Waals surface area contributed by atoms with Crippen LogP contribution in [0.3, 0.4) is 0 Å². The number of rotatable bonds is 33. The van der Waals surface area contributed by atoms with Crippen molar-refractivity contribution in [1.29, 1.82) is 0 Å². The topological polar surface area (TPSA) is 525 Å². The normalized spacial score (nSPS) is 11.3. The van der Waals surface area contributed by atoms with Gasteiger partial charge >= 0.3 is 0 Å². The number of carbonyl (C=O) groups is 3. The number of imidazole rings is 2. The molecule has 0 aliphatic heterocycles. The molecule has 0 radical (unpaired) electrons. The molecule has 39 nitrogen and oxygen atoms in total. The number of nitrogens with one attached hydrogen (secondary N) is 10. The summed E-state index contributed by atoms with van der Waals surface area (Å²) in [7, 11) is -17.2. The minimum absolute atomic E-state index is 0.00388. The summed E-state index contributed by atoms with van der Waals surface area (Å²) in [5, 5.41) is 14.6. The van der Waals surface area contributed by atoms with Crippen LogP contribution in [0.5, 0.6) is 11.5 Å². The molecule has 0 saturated carbocycles. The molecule has 0 bridgehead atoms. The highest BCUT2D eigenvalue weighted by Gasteiger charge is 2.24. The van der Waals surface area contributed by atoms with E-state index in [1.165, 1.54) is 91.0 Å². The Labute approximate surface area is 867 Å². The molecule has 17 rings (SSSR count). The molecule has 0 atom stereocenters. The third kappa shape index (κ3) is 31.8. The zero-order chi connectivity index (χ0) is 108. The van der Waals surface area contributed by atoms with E-state index in [1.54, 1.807) is 203 Å². The largest absolute Gasteiger partial charge is 0.494 e. The van der Waals surface area contributed by atoms with Gasteiger partial charge in [0.2, 0.25) is 35.6 Å². The van der Waals surface area contributed by atoms with Crippen LogP contribution < -0.4 is 59.7 Å². The smallest absolute Gasteiger partial charge is 0.264 e. The number of nitrogens with zero attached hydrogens (tertiary/aromatic N) is 14. The van der Waals surface area contributed by atoms with Crippen LogP contribution in [0.2, 0.25) is 0 Å². The molecule has 0 aliphatic carbocycles. The number of aromatic nitrogens is 14. The van der Waals surface area contributed by atoms with E-state index in [-0.39, 0.29) is 78.5 Å². The maximum Gasteiger partial charge on any atom is 0.264 e. The van der Waals surface area contributed by atoms with Gasteiger partial charge in [0.05, 0.1) is 66.2 Å². The first kappa shape index (κ1) is 110. The molecule has 0 saturated heterocycles. The molecule has 7 heterocycles. The first-order chi connectivity index (χ1) is 71.5. The monoisotopic (exact) mass is 2120 g/mol. The number of aryl methyl sites for hydroxylation is 12. The standard InChI is InChI=1S/C22H24N6O2S.C21H19FN4O3S.C21H22N6O2S.C21H22N4O4S.C20H20N4O4S/c1-4-28-20-8-6-5-7-19(20)26-21(28)14-23-17-9-11-18(12-10-17)31(29,30)27-22-24-15(2)13-16(3)25-22;1-14-13-15(2)24-21(23-14)26-30(28,29)19-10-8-18(9-11-19)25-20(27)12-5-16-3-6-17(22)7-4-16;1-14-12-15(2)24-21(23-14)26-30(28,29)17-10-8-16(9-11-17)22-13-20-25-18-6-4-5-7-19(18)27(20)3;1-4-29-18-9-5-16(6-10-18)20(26)24-17-7-11-19(12-8-17)30(27,28)25-21-22-14(2)13-15(3)23-21;1-14-12-15(2)22-20(21-14)24-29(26,27)18-10-8-16(9-11-18)23-19(25)13-28-17-6-4-3-5-7-17/h5-13,23H,4,14H2,1-3H3,(H,24,25,27);3-13H,1-2H3,(H,25,27)(H,23,24,26);4-12,22H,13H2,1-3H3,(H,23,24,26);5-13H,4H2,1-3H3,(H,24,26)(H,22,23,25);3-12H,13H2,1-2H3,(H,23,25)(H,21,22,24)/b;12-5+;;;. The molecule has 7 aromatic heterocycles. The van der Waals surface area contributed by atoms with Gasteiger partial charge in [-0.15, -0.1) is 0 Å². The van der Waals surface area contributed by atoms with Crippen molar-refractivity contribution in [3.8, 4) is 11.5 Å². The Bertz CT molecular complexity index is 8250. The fourth-order valence-corrected chi connectivity index (χ4v) is 19.3. The predicted octanol–water partition coefficient (Wildman–Crippen LogP) is 17.4. The quantitative estimate of drug-likeness (QED) is 0.0171. The summed E-state index contributed by atoms with van der Waals surface area (Å²) >= 11 is 0. The summed E-state index contributed by atoms with van der Waals surface area (Å²) in [6, 6.07) is 76.6. The van der Waals surface area contributed by atoms with Gasteiger partial charge in [0, 0.05) is 111 Å². The first-order valence-corrected chi connectivity index (χ1v) is 53.7. The van der Waals surface area contributed by atoms with Gasteiger partial charge in [0.25, 0.3) is 61.9 Å². The average Bonchev–Trinajstić information content (AvgIpc) is 1.65. The number of ether oxygens (including phenoxy) is 2. The van der Waals surface area contributed by atoms with Crippen molar-refractivity contribution in [2.24, 2.45) is 7.05 Å². The molecule has 45 heteroatoms. The molecule has 0 aliphatic rings. The molecule has 10 N–H and O–H groups in total. The second kappa shape index (κ2) is 49.6. The predicted molar refractivity (Wildman–Crippen MR) is 575 cm³/mol. The Morgan fingerprint density at radius 1 is 0.333 bits per heavy atom. The summed E-state index contributed by atoms with van der Waals surface area (Å²) < 4.78 is 166. The minimum atomic E-state index is -3.87. The molecule has 10 aromatic carbocycles. The van der Waals surface area contributed by atoms with Crippen LogP contribution in [-0.4, -0.2) is 142 Å². The lowest BCUT2D eigenvalue weighted by atomic mass is 10.2. The van der Waals surface area contributed by atoms with Crippen molar-refractivity contribution in [2.45, 2.75) is 127 Å². The second-order valence-electron chi connectivity index (χ2n) is 33.5. The maximum atomic E-state index is 12.9. The number of anilines is 10. The van der Waals surface area contributed by atoms with Gasteiger partial charge < -0.3 is 45.2 Å². The lowest BCUT2D eigenvalue weighted by Crippen LogP contribution is -2.20. The molecule has 0 fully saturated rings. The van der Waals surface area contributed by atoms with Gasteiger partial charge in [0.1, 0.15) is 29.0 Å². The van der Waals surface area contributed by atoms with Crippen LogP contribution in [-0.2, 0) is 86.4 Å². The summed E-state index contributed by atoms with van der Waals surface area (Å²) in [5.74, 6) is 1.82. The highest BCUT2D eigenvalue weighted by atomic mass is 32.2. The SMILES string of the molecule is CCOc1ccc(C(=O)Nc2ccc(S(=O)(=O)Nc3nc(C)cc(C)n3)cc2)cc1.CCn1c(CNc2ccc(S(=O)(=O)Nc3nc(C)cc(C)n3)cc2)nc2ccccc21.Cc1cc(C)nc(NS(=O)(=O)c2ccc(NC(=O)/C=C/c3ccc(F)cc3)cc2)n1.Cc1cc(C)nc(NS(=O)(=O)c2ccc(NC(=O)COc3ccccc3)cc2)n1.Cc1cc(C)nc(NS(=O)(=O)c2ccc(NCc3nc4ccccc4n3C)cc2)n1. The van der Waals surface area contributed by atoms with Crippen molar-refractivity contribution in [3.05, 3.63) is 371 Å². The number of benzene rings is 10. The molecular formula is C105H107FN24O15S5. The van der Waals surface area contributed by atoms with E-state index in [0.29, 0.717) is 116 Å². The molecule has 0 unspecified atom stereocenters. The van der Waals surface area contributed by atoms with E-state index >= 15 is 0 Å². The van der Waals surface area contributed by atoms with Crippen LogP contribution in [0.25, 0.3) is 28.1 Å². The van der Waals surface area contributed by atoms with E-state index in [2.05, 4.69) is 123 Å². The van der Waals surface area contributed by atoms with Gasteiger partial charge in [-0.2, -0.15) is 0 Å². The van der Waals surface area contributed by atoms with Crippen molar-refractivity contribution in [3.63, 3.8) is 0 Å². The lowest BCUT2D eigenvalue weighted by molar-refractivity contribution is -0.118. The Morgan fingerprint density at radius 2 is 0.647 bits per heavy atom. The summed E-state index contributed by atoms with van der Waals surface area (Å²) in [6.07, 6.45) is 2.85. The number of sulfonamides is 5. The van der Waals surface area contributed by atoms with E-state index in [4.69, 9.17) is 14.5 Å². The van der Waals surface area contributed by atoms with Crippen LogP contribution >= 0.6 is 0 Å². The molecular weight excluding hydrogens is 2020 g/mol. The fourth-order valence-electron chi connectivity index (χ4n) is 14.6. The van der Waals surface area contributed by atoms with Crippen molar-refractivity contribution >= 4 is 154 Å². The van der Waals surface area contributed by atoms with Crippen LogP contribution in [0.1, 0.15) is 98.4 Å². The molecule has 17 aromatic rings. The molecule has 0 spiro atoms. The van der Waals surface area contributed by atoms with Crippen molar-refractivity contribution in [2.75, 3.05) is 63.4 Å². The minimum Gasteiger partial charge on any atom is -0.494 e. The zero-order valence-electron chi connectivity index (χ0n) is 83.6. The Kier molecular flexibility index (Phi) is 36.3. The molecule has 3 amide bonds. The molecule has 150 heavy (non-hydrogen) atoms. The van der Waals surface area contributed by atoms with E-state index in [1.807, 2.05) is 79.2 Å². The number of carbonyl (C=O) groups excluding carboxylic acids is 3. The lowest BCUT2D eigenvalue weighted by Gasteiger charge is -2.10. The van der Waals surface area contributed by atoms with Crippen LogP contribution in [0, 0.1) is 75.1 Å². The number of para-hydroxylation sites is 5. The number of amides is 3. The first-order valence-electron chi connectivity index (χ1n) is 46.3. The number of fused-ring (bicyclic) bond motifs is 2. The molecule has 774 valence electrons. The van der Waals surface area contributed by atoms with Crippen molar-refractivity contribution < 1.29 is 70.3 Å². The van der Waals surface area contributed by atoms with Crippen LogP contribution in [0.4, 0.5) is 62.6 Å². The third-order valence-corrected chi connectivity index (χ3v) is 28.1.